The molecule has 0 bridgehead atoms. The van der Waals surface area contributed by atoms with E-state index in [-0.39, 0.29) is 34.5 Å². The van der Waals surface area contributed by atoms with E-state index in [1.54, 1.807) is 16.8 Å². The van der Waals surface area contributed by atoms with Gasteiger partial charge in [-0.2, -0.15) is 0 Å². The van der Waals surface area contributed by atoms with Crippen LogP contribution in [0.5, 0.6) is 0 Å². The molecule has 1 fully saturated rings. The number of anilines is 1. The average molecular weight is 746 g/mol. The third kappa shape index (κ3) is 9.24. The molecule has 2 atom stereocenters. The number of carbonyl (C=O) groups is 4. The number of nitrogen functional groups attached to an aromatic ring is 1. The van der Waals surface area contributed by atoms with Crippen molar-refractivity contribution in [2.45, 2.75) is 22.3 Å². The number of hydrogen-bond acceptors (Lipinski definition) is 16. The van der Waals surface area contributed by atoms with Crippen LogP contribution in [-0.4, -0.2) is 102 Å². The van der Waals surface area contributed by atoms with E-state index >= 15 is 0 Å². The first-order valence-electron chi connectivity index (χ1n) is 12.7. The van der Waals surface area contributed by atoms with Gasteiger partial charge in [0.1, 0.15) is 29.9 Å². The third-order valence-corrected chi connectivity index (χ3v) is 10.0. The zero-order valence-corrected chi connectivity index (χ0v) is 27.8. The average Bonchev–Trinajstić information content (AvgIpc) is 3.65. The Labute approximate surface area is 281 Å². The summed E-state index contributed by atoms with van der Waals surface area (Å²) >= 11 is 4.93. The number of nitrogens with one attached hydrogen (secondary N) is 1. The molecule has 1 saturated heterocycles. The first-order valence-corrected chi connectivity index (χ1v) is 17.8. The predicted molar refractivity (Wildman–Crippen MR) is 168 cm³/mol. The van der Waals surface area contributed by atoms with Gasteiger partial charge >= 0.3 is 11.9 Å². The highest BCUT2D eigenvalue weighted by Gasteiger charge is 2.54. The second-order valence-corrected chi connectivity index (χ2v) is 14.1. The third-order valence-electron chi connectivity index (χ3n) is 6.03. The lowest BCUT2D eigenvalue weighted by molar-refractivity contribution is -0.688. The molecule has 23 heteroatoms. The van der Waals surface area contributed by atoms with Crippen LogP contribution in [-0.2, 0) is 41.0 Å². The van der Waals surface area contributed by atoms with Crippen molar-refractivity contribution in [1.82, 2.24) is 20.2 Å². The van der Waals surface area contributed by atoms with Crippen molar-refractivity contribution in [3.8, 4) is 11.3 Å². The Kier molecular flexibility index (Phi) is 11.5. The number of aliphatic carboxylic acids is 2. The van der Waals surface area contributed by atoms with Gasteiger partial charge in [0, 0.05) is 28.2 Å². The molecule has 5 heterocycles. The molecule has 0 spiro atoms. The SMILES string of the molecule is CO/N=C(\C(=O)NC1C(=O)N2C(C(=O)O)=C(C[n+]3cccc(-c4csc(SCC(=O)O)n4)c3)CSC12)c1csc(N)n1.O=S(=O)([O-])O. The number of carboxylic acids is 2. The number of amides is 2. The molecule has 5 rings (SSSR count). The van der Waals surface area contributed by atoms with Crippen LogP contribution in [0.4, 0.5) is 5.13 Å². The second kappa shape index (κ2) is 15.2. The number of fused-ring (bicyclic) bond motifs is 1. The molecule has 6 N–H and O–H groups in total. The number of thiazole rings is 2. The van der Waals surface area contributed by atoms with Gasteiger partial charge in [-0.1, -0.05) is 16.9 Å². The first-order chi connectivity index (χ1) is 22.2. The second-order valence-electron chi connectivity index (χ2n) is 9.19. The molecular formula is C24H23N7O11S5. The monoisotopic (exact) mass is 745 g/mol. The summed E-state index contributed by atoms with van der Waals surface area (Å²) in [7, 11) is -3.65. The molecule has 2 amide bonds. The smallest absolute Gasteiger partial charge is 0.352 e. The van der Waals surface area contributed by atoms with E-state index in [2.05, 4.69) is 20.4 Å². The topological polar surface area (TPSA) is 279 Å². The summed E-state index contributed by atoms with van der Waals surface area (Å²) in [6.07, 6.45) is 3.59. The number of nitrogens with two attached hydrogens (primary N) is 1. The maximum atomic E-state index is 13.1. The predicted octanol–water partition coefficient (Wildman–Crippen LogP) is 0.107. The zero-order valence-electron chi connectivity index (χ0n) is 23.7. The first kappa shape index (κ1) is 35.7. The van der Waals surface area contributed by atoms with Gasteiger partial charge in [0.05, 0.1) is 17.0 Å². The molecule has 0 aromatic carbocycles. The van der Waals surface area contributed by atoms with Crippen molar-refractivity contribution in [3.63, 3.8) is 0 Å². The number of aromatic nitrogens is 3. The van der Waals surface area contributed by atoms with E-state index < -0.39 is 45.6 Å². The largest absolute Gasteiger partial charge is 0.726 e. The highest BCUT2D eigenvalue weighted by Crippen LogP contribution is 2.40. The zero-order chi connectivity index (χ0) is 34.5. The van der Waals surface area contributed by atoms with Crippen molar-refractivity contribution >= 4 is 91.2 Å². The van der Waals surface area contributed by atoms with Gasteiger partial charge in [0.2, 0.25) is 10.4 Å². The molecule has 3 aromatic rings. The van der Waals surface area contributed by atoms with Crippen LogP contribution in [0, 0.1) is 0 Å². The van der Waals surface area contributed by atoms with Crippen molar-refractivity contribution in [3.05, 3.63) is 52.3 Å². The molecule has 18 nitrogen and oxygen atoms in total. The Balaban J connectivity index is 0.000000930. The fourth-order valence-corrected chi connectivity index (χ4v) is 7.72. The maximum absolute atomic E-state index is 13.1. The fraction of sp³-hybridized carbons (Fsp3) is 0.250. The Hall–Kier alpha value is -4.13. The van der Waals surface area contributed by atoms with Gasteiger partial charge in [-0.05, 0) is 6.07 Å². The molecule has 2 aliphatic heterocycles. The van der Waals surface area contributed by atoms with Gasteiger partial charge in [-0.3, -0.25) is 23.8 Å². The number of thioether (sulfide) groups is 2. The van der Waals surface area contributed by atoms with Gasteiger partial charge in [-0.15, -0.1) is 34.4 Å². The Morgan fingerprint density at radius 2 is 2.00 bits per heavy atom. The van der Waals surface area contributed by atoms with Gasteiger partial charge in [-0.25, -0.2) is 27.7 Å². The minimum absolute atomic E-state index is 0.0882. The molecule has 3 aromatic heterocycles. The number of hydrogen-bond donors (Lipinski definition) is 5. The summed E-state index contributed by atoms with van der Waals surface area (Å²) in [6.45, 7) is 0.205. The van der Waals surface area contributed by atoms with Crippen LogP contribution in [0.25, 0.3) is 11.3 Å². The summed E-state index contributed by atoms with van der Waals surface area (Å²) in [6, 6.07) is 2.68. The van der Waals surface area contributed by atoms with Crippen molar-refractivity contribution < 1.29 is 56.3 Å². The van der Waals surface area contributed by atoms with Crippen LogP contribution in [0.1, 0.15) is 5.69 Å². The highest BCUT2D eigenvalue weighted by atomic mass is 32.3. The van der Waals surface area contributed by atoms with E-state index in [4.69, 9.17) is 33.2 Å². The van der Waals surface area contributed by atoms with Gasteiger partial charge < -0.3 is 30.7 Å². The molecule has 0 aliphatic carbocycles. The quantitative estimate of drug-likeness (QED) is 0.0331. The lowest BCUT2D eigenvalue weighted by Gasteiger charge is -2.49. The number of rotatable bonds is 11. The lowest BCUT2D eigenvalue weighted by Crippen LogP contribution is -2.71. The Morgan fingerprint density at radius 1 is 1.28 bits per heavy atom. The molecule has 250 valence electrons. The number of carboxylic acid groups (broad SMARTS) is 2. The van der Waals surface area contributed by atoms with Crippen LogP contribution in [0.2, 0.25) is 0 Å². The summed E-state index contributed by atoms with van der Waals surface area (Å²) in [5.74, 6) is -3.21. The Bertz CT molecular complexity index is 1870. The van der Waals surface area contributed by atoms with Crippen LogP contribution in [0.15, 0.2) is 56.1 Å². The molecular weight excluding hydrogens is 723 g/mol. The van der Waals surface area contributed by atoms with Gasteiger partial charge in [0.15, 0.2) is 34.1 Å². The van der Waals surface area contributed by atoms with Crippen molar-refractivity contribution in [2.24, 2.45) is 5.16 Å². The minimum Gasteiger partial charge on any atom is -0.726 e. The number of oxime groups is 1. The van der Waals surface area contributed by atoms with Crippen LogP contribution < -0.4 is 15.6 Å². The number of nitrogens with zero attached hydrogens (tertiary/aromatic N) is 5. The summed E-state index contributed by atoms with van der Waals surface area (Å²) in [5, 5.41) is 28.3. The highest BCUT2D eigenvalue weighted by molar-refractivity contribution is 8.01. The molecule has 2 unspecified atom stereocenters. The molecule has 0 saturated carbocycles. The number of carbonyl (C=O) groups excluding carboxylic acids is 2. The van der Waals surface area contributed by atoms with Crippen molar-refractivity contribution in [1.29, 1.82) is 0 Å². The normalized spacial score (nSPS) is 17.6. The lowest BCUT2D eigenvalue weighted by atomic mass is 10.0. The maximum Gasteiger partial charge on any atom is 0.352 e. The molecule has 47 heavy (non-hydrogen) atoms. The van der Waals surface area contributed by atoms with Crippen molar-refractivity contribution in [2.75, 3.05) is 24.3 Å². The standard InChI is InChI=1S/C24H21N7O7S4.H2O4S/c1-38-29-16(14-9-40-23(25)26-14)19(34)28-17-20(35)31-18(22(36)37)12(7-39-21(17)31)6-30-4-2-3-11(5-30)13-8-41-24(27-13)42-10-15(32)33;1-5(2,3)4/h2-5,8-9,17,21H,6-7,10H2,1H3,(H4-,25,26,28,32,33,34,36,37);(H2,1,2,3,4)/b29-16-;. The van der Waals surface area contributed by atoms with E-state index in [1.807, 2.05) is 17.6 Å². The molecule has 0 radical (unpaired) electrons. The fourth-order valence-electron chi connectivity index (χ4n) is 4.28. The van der Waals surface area contributed by atoms with E-state index in [1.165, 1.54) is 40.5 Å². The number of β-lactam (4-membered cyclic amide) rings is 1. The van der Waals surface area contributed by atoms with E-state index in [0.717, 1.165) is 28.7 Å². The van der Waals surface area contributed by atoms with Gasteiger partial charge in [0.25, 0.3) is 11.8 Å². The summed E-state index contributed by atoms with van der Waals surface area (Å²) in [5.41, 5.74) is 7.55. The van der Waals surface area contributed by atoms with E-state index in [0.29, 0.717) is 21.4 Å². The Morgan fingerprint density at radius 3 is 2.62 bits per heavy atom. The van der Waals surface area contributed by atoms with Crippen LogP contribution in [0.3, 0.4) is 0 Å². The summed E-state index contributed by atoms with van der Waals surface area (Å²) in [4.78, 5) is 63.8. The molecule has 2 aliphatic rings. The van der Waals surface area contributed by atoms with Crippen LogP contribution >= 0.6 is 46.2 Å². The minimum atomic E-state index is -4.92. The summed E-state index contributed by atoms with van der Waals surface area (Å²) < 4.78 is 35.3. The van der Waals surface area contributed by atoms with E-state index in [9.17, 15) is 24.3 Å². The number of pyridine rings is 1.